The zero-order valence-electron chi connectivity index (χ0n) is 13.2. The minimum absolute atomic E-state index is 0. The maximum absolute atomic E-state index is 12.4. The second kappa shape index (κ2) is 8.15. The molecule has 126 valence electrons. The summed E-state index contributed by atoms with van der Waals surface area (Å²) in [5.74, 6) is 0.677. The van der Waals surface area contributed by atoms with Gasteiger partial charge in [-0.25, -0.2) is 13.1 Å². The lowest BCUT2D eigenvalue weighted by Gasteiger charge is -2.30. The first-order chi connectivity index (χ1) is 9.88. The first-order valence-corrected chi connectivity index (χ1v) is 8.89. The van der Waals surface area contributed by atoms with Crippen molar-refractivity contribution in [3.63, 3.8) is 0 Å². The number of hydrogen-bond acceptors (Lipinski definition) is 4. The van der Waals surface area contributed by atoms with Gasteiger partial charge in [-0.2, -0.15) is 0 Å². The van der Waals surface area contributed by atoms with Crippen LogP contribution < -0.4 is 14.8 Å². The average Bonchev–Trinajstić information content (AvgIpc) is 2.41. The molecule has 0 spiro atoms. The number of hydrogen-bond donors (Lipinski definition) is 2. The number of sulfonamides is 1. The molecule has 1 aliphatic heterocycles. The highest BCUT2D eigenvalue weighted by Gasteiger charge is 2.26. The molecule has 7 heteroatoms. The Morgan fingerprint density at radius 3 is 2.45 bits per heavy atom. The van der Waals surface area contributed by atoms with Crippen LogP contribution in [0.4, 0.5) is 0 Å². The van der Waals surface area contributed by atoms with Gasteiger partial charge < -0.3 is 10.1 Å². The molecule has 0 aromatic heterocycles. The quantitative estimate of drug-likeness (QED) is 0.857. The topological polar surface area (TPSA) is 67.4 Å². The molecule has 0 radical (unpaired) electrons. The summed E-state index contributed by atoms with van der Waals surface area (Å²) in [6.07, 6.45) is 1.92. The summed E-state index contributed by atoms with van der Waals surface area (Å²) in [5, 5.41) is 3.29. The van der Waals surface area contributed by atoms with Crippen LogP contribution in [0.1, 0.15) is 33.6 Å². The lowest BCUT2D eigenvalue weighted by molar-refractivity contribution is 0.242. The van der Waals surface area contributed by atoms with Crippen LogP contribution in [0.3, 0.4) is 0 Å². The first kappa shape index (κ1) is 19.2. The van der Waals surface area contributed by atoms with Crippen LogP contribution in [0.15, 0.2) is 29.2 Å². The fourth-order valence-electron chi connectivity index (χ4n) is 2.44. The maximum atomic E-state index is 12.4. The van der Waals surface area contributed by atoms with Crippen LogP contribution in [0.2, 0.25) is 0 Å². The van der Waals surface area contributed by atoms with Crippen LogP contribution in [0.25, 0.3) is 0 Å². The Bertz CT molecular complexity index is 561. The number of benzene rings is 1. The van der Waals surface area contributed by atoms with Crippen LogP contribution in [0, 0.1) is 0 Å². The van der Waals surface area contributed by atoms with E-state index in [1.807, 2.05) is 20.8 Å². The predicted molar refractivity (Wildman–Crippen MR) is 90.3 cm³/mol. The SMILES string of the molecule is CC(C)Oc1ccc(S(=O)(=O)NC2CCCNC2C)cc1.Cl. The Kier molecular flexibility index (Phi) is 7.12. The largest absolute Gasteiger partial charge is 0.491 e. The van der Waals surface area contributed by atoms with Gasteiger partial charge in [0.1, 0.15) is 5.75 Å². The minimum atomic E-state index is -3.48. The van der Waals surface area contributed by atoms with Gasteiger partial charge in [-0.3, -0.25) is 0 Å². The standard InChI is InChI=1S/C15H24N2O3S.ClH/c1-11(2)20-13-6-8-14(9-7-13)21(18,19)17-15-5-4-10-16-12(15)3;/h6-9,11-12,15-17H,4-5,10H2,1-3H3;1H. The molecular formula is C15H25ClN2O3S. The fraction of sp³-hybridized carbons (Fsp3) is 0.600. The van der Waals surface area contributed by atoms with E-state index < -0.39 is 10.0 Å². The molecule has 22 heavy (non-hydrogen) atoms. The molecule has 1 aliphatic rings. The maximum Gasteiger partial charge on any atom is 0.240 e. The van der Waals surface area contributed by atoms with Crippen LogP contribution in [0.5, 0.6) is 5.75 Å². The van der Waals surface area contributed by atoms with Gasteiger partial charge in [0.15, 0.2) is 0 Å². The molecule has 2 unspecified atom stereocenters. The normalized spacial score (nSPS) is 22.2. The summed E-state index contributed by atoms with van der Waals surface area (Å²) in [4.78, 5) is 0.274. The van der Waals surface area contributed by atoms with Crippen molar-refractivity contribution >= 4 is 22.4 Å². The molecule has 2 atom stereocenters. The summed E-state index contributed by atoms with van der Waals surface area (Å²) in [5.41, 5.74) is 0. The van der Waals surface area contributed by atoms with Crippen LogP contribution >= 0.6 is 12.4 Å². The van der Waals surface area contributed by atoms with Gasteiger partial charge in [-0.15, -0.1) is 12.4 Å². The Labute approximate surface area is 139 Å². The van der Waals surface area contributed by atoms with Gasteiger partial charge in [-0.05, 0) is 64.4 Å². The third-order valence-electron chi connectivity index (χ3n) is 3.57. The van der Waals surface area contributed by atoms with E-state index in [0.29, 0.717) is 5.75 Å². The van der Waals surface area contributed by atoms with Gasteiger partial charge in [0, 0.05) is 12.1 Å². The van der Waals surface area contributed by atoms with Crippen molar-refractivity contribution < 1.29 is 13.2 Å². The average molecular weight is 349 g/mol. The number of nitrogens with one attached hydrogen (secondary N) is 2. The smallest absolute Gasteiger partial charge is 0.240 e. The van der Waals surface area contributed by atoms with E-state index in [0.717, 1.165) is 19.4 Å². The van der Waals surface area contributed by atoms with Gasteiger partial charge in [0.25, 0.3) is 0 Å². The van der Waals surface area contributed by atoms with Crippen molar-refractivity contribution in [1.82, 2.24) is 10.0 Å². The molecule has 0 saturated carbocycles. The van der Waals surface area contributed by atoms with Crippen molar-refractivity contribution in [2.24, 2.45) is 0 Å². The summed E-state index contributed by atoms with van der Waals surface area (Å²) in [6, 6.07) is 6.64. The number of piperidine rings is 1. The second-order valence-electron chi connectivity index (χ2n) is 5.75. The predicted octanol–water partition coefficient (Wildman–Crippen LogP) is 2.31. The zero-order valence-corrected chi connectivity index (χ0v) is 14.8. The molecule has 1 aromatic rings. The molecule has 5 nitrogen and oxygen atoms in total. The Hall–Kier alpha value is -0.820. The van der Waals surface area contributed by atoms with E-state index in [-0.39, 0.29) is 35.5 Å². The molecule has 1 saturated heterocycles. The van der Waals surface area contributed by atoms with E-state index >= 15 is 0 Å². The molecule has 1 aromatic carbocycles. The lowest BCUT2D eigenvalue weighted by Crippen LogP contribution is -2.51. The second-order valence-corrected chi connectivity index (χ2v) is 7.46. The highest BCUT2D eigenvalue weighted by molar-refractivity contribution is 7.89. The monoisotopic (exact) mass is 348 g/mol. The van der Waals surface area contributed by atoms with E-state index in [1.54, 1.807) is 24.3 Å². The van der Waals surface area contributed by atoms with E-state index in [1.165, 1.54) is 0 Å². The van der Waals surface area contributed by atoms with Gasteiger partial charge in [0.05, 0.1) is 11.0 Å². The number of ether oxygens (including phenoxy) is 1. The van der Waals surface area contributed by atoms with Gasteiger partial charge in [0.2, 0.25) is 10.0 Å². The van der Waals surface area contributed by atoms with Crippen molar-refractivity contribution in [2.45, 2.75) is 56.7 Å². The molecular weight excluding hydrogens is 324 g/mol. The Balaban J connectivity index is 0.00000242. The van der Waals surface area contributed by atoms with E-state index in [4.69, 9.17) is 4.74 Å². The molecule has 2 N–H and O–H groups in total. The van der Waals surface area contributed by atoms with Gasteiger partial charge >= 0.3 is 0 Å². The van der Waals surface area contributed by atoms with Crippen molar-refractivity contribution in [1.29, 1.82) is 0 Å². The fourth-order valence-corrected chi connectivity index (χ4v) is 3.79. The summed E-state index contributed by atoms with van der Waals surface area (Å²) >= 11 is 0. The highest BCUT2D eigenvalue weighted by Crippen LogP contribution is 2.18. The molecule has 0 bridgehead atoms. The van der Waals surface area contributed by atoms with Crippen LogP contribution in [-0.2, 0) is 10.0 Å². The minimum Gasteiger partial charge on any atom is -0.491 e. The summed E-state index contributed by atoms with van der Waals surface area (Å²) < 4.78 is 33.1. The number of rotatable bonds is 5. The third-order valence-corrected chi connectivity index (χ3v) is 5.08. The molecule has 1 fully saturated rings. The van der Waals surface area contributed by atoms with Crippen molar-refractivity contribution in [2.75, 3.05) is 6.54 Å². The molecule has 2 rings (SSSR count). The highest BCUT2D eigenvalue weighted by atomic mass is 35.5. The molecule has 0 amide bonds. The zero-order chi connectivity index (χ0) is 15.5. The number of halogens is 1. The summed E-state index contributed by atoms with van der Waals surface area (Å²) in [6.45, 7) is 6.82. The lowest BCUT2D eigenvalue weighted by atomic mass is 10.0. The van der Waals surface area contributed by atoms with Crippen molar-refractivity contribution in [3.8, 4) is 5.75 Å². The van der Waals surface area contributed by atoms with E-state index in [2.05, 4.69) is 10.0 Å². The van der Waals surface area contributed by atoms with E-state index in [9.17, 15) is 8.42 Å². The van der Waals surface area contributed by atoms with Gasteiger partial charge in [-0.1, -0.05) is 0 Å². The Morgan fingerprint density at radius 2 is 1.91 bits per heavy atom. The third kappa shape index (κ3) is 5.12. The Morgan fingerprint density at radius 1 is 1.27 bits per heavy atom. The molecule has 0 aliphatic carbocycles. The first-order valence-electron chi connectivity index (χ1n) is 7.41. The van der Waals surface area contributed by atoms with Crippen LogP contribution in [-0.4, -0.2) is 33.2 Å². The summed E-state index contributed by atoms with van der Waals surface area (Å²) in [7, 11) is -3.48. The van der Waals surface area contributed by atoms with Crippen molar-refractivity contribution in [3.05, 3.63) is 24.3 Å². The molecule has 1 heterocycles.